The van der Waals surface area contributed by atoms with Gasteiger partial charge in [-0.1, -0.05) is 29.3 Å². The molecule has 2 aromatic rings. The monoisotopic (exact) mass is 240 g/mol. The fraction of sp³-hybridized carbons (Fsp3) is 0.182. The van der Waals surface area contributed by atoms with Crippen molar-refractivity contribution in [2.75, 3.05) is 7.05 Å². The second kappa shape index (κ2) is 4.35. The van der Waals surface area contributed by atoms with Crippen LogP contribution in [0, 0.1) is 0 Å². The maximum atomic E-state index is 6.07. The molecular formula is C11H10Cl2N2. The minimum Gasteiger partial charge on any atom is -0.314 e. The van der Waals surface area contributed by atoms with Crippen molar-refractivity contribution in [2.24, 2.45) is 0 Å². The van der Waals surface area contributed by atoms with Gasteiger partial charge in [0.1, 0.15) is 0 Å². The molecule has 0 spiro atoms. The summed E-state index contributed by atoms with van der Waals surface area (Å²) in [7, 11) is 1.88. The summed E-state index contributed by atoms with van der Waals surface area (Å²) in [5.74, 6) is 0. The molecule has 0 saturated carbocycles. The van der Waals surface area contributed by atoms with E-state index < -0.39 is 0 Å². The molecule has 2 nitrogen and oxygen atoms in total. The fourth-order valence-electron chi connectivity index (χ4n) is 1.48. The number of nitrogens with zero attached hydrogens (tertiary/aromatic N) is 1. The van der Waals surface area contributed by atoms with Gasteiger partial charge in [0.2, 0.25) is 0 Å². The van der Waals surface area contributed by atoms with Crippen molar-refractivity contribution in [3.05, 3.63) is 40.0 Å². The number of hydrogen-bond acceptors (Lipinski definition) is 2. The molecule has 1 heterocycles. The molecule has 0 aliphatic rings. The summed E-state index contributed by atoms with van der Waals surface area (Å²) in [5, 5.41) is 5.24. The number of pyridine rings is 1. The van der Waals surface area contributed by atoms with Crippen LogP contribution in [0.25, 0.3) is 10.9 Å². The molecule has 0 amide bonds. The lowest BCUT2D eigenvalue weighted by molar-refractivity contribution is 0.795. The Morgan fingerprint density at radius 3 is 2.80 bits per heavy atom. The number of benzene rings is 1. The number of hydrogen-bond donors (Lipinski definition) is 1. The number of nitrogens with one attached hydrogen (secondary N) is 1. The summed E-state index contributed by atoms with van der Waals surface area (Å²) < 4.78 is 0. The van der Waals surface area contributed by atoms with E-state index in [0.29, 0.717) is 10.0 Å². The third-order valence-electron chi connectivity index (χ3n) is 2.13. The minimum atomic E-state index is 0.593. The molecule has 0 aliphatic heterocycles. The smallest absolute Gasteiger partial charge is 0.0893 e. The highest BCUT2D eigenvalue weighted by Gasteiger charge is 2.03. The van der Waals surface area contributed by atoms with Gasteiger partial charge in [0, 0.05) is 17.0 Å². The number of fused-ring (bicyclic) bond motifs is 1. The van der Waals surface area contributed by atoms with Gasteiger partial charge >= 0.3 is 0 Å². The second-order valence-corrected chi connectivity index (χ2v) is 4.14. The molecule has 0 saturated heterocycles. The molecule has 2 rings (SSSR count). The van der Waals surface area contributed by atoms with E-state index in [4.69, 9.17) is 23.2 Å². The summed E-state index contributed by atoms with van der Waals surface area (Å²) in [4.78, 5) is 4.45. The Balaban J connectivity index is 2.60. The highest BCUT2D eigenvalue weighted by atomic mass is 35.5. The van der Waals surface area contributed by atoms with Gasteiger partial charge in [0.15, 0.2) is 0 Å². The van der Waals surface area contributed by atoms with Gasteiger partial charge in [-0.25, -0.2) is 4.98 Å². The zero-order valence-electron chi connectivity index (χ0n) is 8.22. The van der Waals surface area contributed by atoms with Crippen LogP contribution in [0.2, 0.25) is 10.0 Å². The van der Waals surface area contributed by atoms with Crippen molar-refractivity contribution in [1.82, 2.24) is 10.3 Å². The maximum absolute atomic E-state index is 6.07. The van der Waals surface area contributed by atoms with E-state index in [1.54, 1.807) is 6.07 Å². The molecule has 0 bridgehead atoms. The van der Waals surface area contributed by atoms with Crippen molar-refractivity contribution < 1.29 is 0 Å². The molecule has 0 fully saturated rings. The van der Waals surface area contributed by atoms with Crippen molar-refractivity contribution >= 4 is 34.1 Å². The predicted molar refractivity (Wildman–Crippen MR) is 64.5 cm³/mol. The largest absolute Gasteiger partial charge is 0.314 e. The average molecular weight is 241 g/mol. The van der Waals surface area contributed by atoms with Crippen LogP contribution in [0.5, 0.6) is 0 Å². The van der Waals surface area contributed by atoms with E-state index >= 15 is 0 Å². The molecule has 0 atom stereocenters. The highest BCUT2D eigenvalue weighted by molar-refractivity contribution is 6.38. The van der Waals surface area contributed by atoms with Gasteiger partial charge in [0.05, 0.1) is 16.2 Å². The highest BCUT2D eigenvalue weighted by Crippen LogP contribution is 2.26. The topological polar surface area (TPSA) is 24.9 Å². The van der Waals surface area contributed by atoms with Crippen LogP contribution in [0.3, 0.4) is 0 Å². The Morgan fingerprint density at radius 1 is 1.27 bits per heavy atom. The quantitative estimate of drug-likeness (QED) is 0.872. The number of aromatic nitrogens is 1. The molecule has 1 N–H and O–H groups in total. The van der Waals surface area contributed by atoms with Crippen LogP contribution >= 0.6 is 23.2 Å². The first kappa shape index (κ1) is 10.7. The van der Waals surface area contributed by atoms with E-state index in [-0.39, 0.29) is 0 Å². The van der Waals surface area contributed by atoms with Crippen LogP contribution in [0.15, 0.2) is 24.3 Å². The molecular weight excluding hydrogens is 231 g/mol. The Labute approximate surface area is 98.2 Å². The second-order valence-electron chi connectivity index (χ2n) is 3.29. The standard InChI is InChI=1S/C11H10Cl2N2/c1-14-6-9-3-2-7-4-8(12)5-10(13)11(7)15-9/h2-5,14H,6H2,1H3. The molecule has 4 heteroatoms. The molecule has 0 aliphatic carbocycles. The van der Waals surface area contributed by atoms with Crippen molar-refractivity contribution in [1.29, 1.82) is 0 Å². The summed E-state index contributed by atoms with van der Waals surface area (Å²) in [6.45, 7) is 0.731. The van der Waals surface area contributed by atoms with Gasteiger partial charge in [-0.2, -0.15) is 0 Å². The molecule has 15 heavy (non-hydrogen) atoms. The van der Waals surface area contributed by atoms with Crippen molar-refractivity contribution in [3.63, 3.8) is 0 Å². The first-order valence-corrected chi connectivity index (χ1v) is 5.35. The van der Waals surface area contributed by atoms with Gasteiger partial charge in [-0.05, 0) is 25.2 Å². The molecule has 1 aromatic heterocycles. The number of halogens is 2. The SMILES string of the molecule is CNCc1ccc2cc(Cl)cc(Cl)c2n1. The van der Waals surface area contributed by atoms with Crippen LogP contribution in [0.1, 0.15) is 5.69 Å². The Kier molecular flexibility index (Phi) is 3.10. The van der Waals surface area contributed by atoms with E-state index in [2.05, 4.69) is 10.3 Å². The van der Waals surface area contributed by atoms with Crippen LogP contribution in [-0.2, 0) is 6.54 Å². The lowest BCUT2D eigenvalue weighted by Crippen LogP contribution is -2.06. The normalized spacial score (nSPS) is 10.9. The third-order valence-corrected chi connectivity index (χ3v) is 2.63. The van der Waals surface area contributed by atoms with Gasteiger partial charge < -0.3 is 5.32 Å². The zero-order chi connectivity index (χ0) is 10.8. The lowest BCUT2D eigenvalue weighted by Gasteiger charge is -2.04. The van der Waals surface area contributed by atoms with E-state index in [1.165, 1.54) is 0 Å². The predicted octanol–water partition coefficient (Wildman–Crippen LogP) is 3.26. The average Bonchev–Trinajstić information content (AvgIpc) is 2.19. The molecule has 0 radical (unpaired) electrons. The third kappa shape index (κ3) is 2.23. The minimum absolute atomic E-state index is 0.593. The Morgan fingerprint density at radius 2 is 2.07 bits per heavy atom. The summed E-state index contributed by atoms with van der Waals surface area (Å²) in [5.41, 5.74) is 1.77. The van der Waals surface area contributed by atoms with E-state index in [0.717, 1.165) is 23.1 Å². The Bertz CT molecular complexity index is 497. The van der Waals surface area contributed by atoms with E-state index in [9.17, 15) is 0 Å². The summed E-state index contributed by atoms with van der Waals surface area (Å²) in [6.07, 6.45) is 0. The van der Waals surface area contributed by atoms with Crippen LogP contribution < -0.4 is 5.32 Å². The summed E-state index contributed by atoms with van der Waals surface area (Å²) in [6, 6.07) is 7.51. The van der Waals surface area contributed by atoms with Crippen LogP contribution in [-0.4, -0.2) is 12.0 Å². The maximum Gasteiger partial charge on any atom is 0.0893 e. The molecule has 1 aromatic carbocycles. The number of rotatable bonds is 2. The summed E-state index contributed by atoms with van der Waals surface area (Å²) >= 11 is 12.0. The van der Waals surface area contributed by atoms with Gasteiger partial charge in [-0.15, -0.1) is 0 Å². The van der Waals surface area contributed by atoms with Crippen molar-refractivity contribution in [2.45, 2.75) is 6.54 Å². The first-order valence-electron chi connectivity index (χ1n) is 4.60. The zero-order valence-corrected chi connectivity index (χ0v) is 9.73. The van der Waals surface area contributed by atoms with Crippen molar-refractivity contribution in [3.8, 4) is 0 Å². The van der Waals surface area contributed by atoms with E-state index in [1.807, 2.05) is 25.2 Å². The molecule has 78 valence electrons. The Hall–Kier alpha value is -0.830. The first-order chi connectivity index (χ1) is 7.20. The lowest BCUT2D eigenvalue weighted by atomic mass is 10.2. The van der Waals surface area contributed by atoms with Gasteiger partial charge in [0.25, 0.3) is 0 Å². The fourth-order valence-corrected chi connectivity index (χ4v) is 2.03. The molecule has 0 unspecified atom stereocenters. The van der Waals surface area contributed by atoms with Gasteiger partial charge in [-0.3, -0.25) is 0 Å². The van der Waals surface area contributed by atoms with Crippen LogP contribution in [0.4, 0.5) is 0 Å².